The van der Waals surface area contributed by atoms with E-state index in [4.69, 9.17) is 18.8 Å². The second-order valence-corrected chi connectivity index (χ2v) is 15.2. The molecular weight excluding hydrogens is 695 g/mol. The summed E-state index contributed by atoms with van der Waals surface area (Å²) in [5.74, 6) is -4.52. The number of hydrogen-bond acceptors (Lipinski definition) is 12. The van der Waals surface area contributed by atoms with Crippen molar-refractivity contribution in [3.8, 4) is 0 Å². The number of ether oxygens (including phenoxy) is 3. The van der Waals surface area contributed by atoms with E-state index >= 15 is 0 Å². The van der Waals surface area contributed by atoms with Gasteiger partial charge in [0.2, 0.25) is 0 Å². The maximum atomic E-state index is 12.2. The van der Waals surface area contributed by atoms with Gasteiger partial charge in [-0.15, -0.1) is 0 Å². The van der Waals surface area contributed by atoms with Crippen molar-refractivity contribution in [3.05, 3.63) is 0 Å². The molecule has 17 heteroatoms. The van der Waals surface area contributed by atoms with Crippen LogP contribution >= 0.6 is 0 Å². The fourth-order valence-electron chi connectivity index (χ4n) is 4.47. The van der Waals surface area contributed by atoms with Gasteiger partial charge in [-0.1, -0.05) is 99.3 Å². The molecule has 0 aliphatic heterocycles. The number of carbonyl (C=O) groups is 4. The minimum Gasteiger partial charge on any atom is -0.550 e. The van der Waals surface area contributed by atoms with Crippen molar-refractivity contribution >= 4 is 44.1 Å². The standard InChI is InChI=1S/C20H38O7S.C12H22O7S.Na/c1-5-9-11-16(7-3)14-26-19(21)13-18(28(23,24)25)20(22)27-15-17(8-4)12-10-6-2;1-3-5-6-9(4-2)8-19-12(15)10(7-11(13)14)20(16,17)18;/h16-18H,5-15H2,1-4H3,(H,23,24,25);9-10H,3-8H2,1-2H3,(H,13,14)(H,16,17,18);/q;;+1/p-1. The second kappa shape index (κ2) is 29.3. The summed E-state index contributed by atoms with van der Waals surface area (Å²) in [6.07, 6.45) is 9.15. The first kappa shape index (κ1) is 52.1. The molecule has 0 aromatic rings. The van der Waals surface area contributed by atoms with Crippen LogP contribution in [-0.2, 0) is 53.6 Å². The number of rotatable bonds is 26. The summed E-state index contributed by atoms with van der Waals surface area (Å²) >= 11 is 0. The van der Waals surface area contributed by atoms with Crippen LogP contribution in [0.4, 0.5) is 0 Å². The molecule has 0 saturated heterocycles. The molecule has 0 rings (SSSR count). The maximum absolute atomic E-state index is 12.2. The van der Waals surface area contributed by atoms with Crippen LogP contribution in [0, 0.1) is 17.8 Å². The van der Waals surface area contributed by atoms with Crippen LogP contribution in [0.25, 0.3) is 0 Å². The molecule has 0 fully saturated rings. The second-order valence-electron chi connectivity index (χ2n) is 12.0. The van der Waals surface area contributed by atoms with Crippen LogP contribution in [0.3, 0.4) is 0 Å². The van der Waals surface area contributed by atoms with Gasteiger partial charge in [0.25, 0.3) is 20.2 Å². The van der Waals surface area contributed by atoms with Gasteiger partial charge in [0.15, 0.2) is 10.5 Å². The van der Waals surface area contributed by atoms with E-state index in [-0.39, 0.29) is 67.1 Å². The van der Waals surface area contributed by atoms with E-state index in [0.29, 0.717) is 0 Å². The molecule has 0 saturated carbocycles. The number of carboxylic acid groups (broad SMARTS) is 1. The Morgan fingerprint density at radius 3 is 1.14 bits per heavy atom. The molecule has 0 bridgehead atoms. The summed E-state index contributed by atoms with van der Waals surface area (Å²) in [6, 6.07) is 0. The minimum absolute atomic E-state index is 0. The van der Waals surface area contributed by atoms with Crippen molar-refractivity contribution in [2.45, 2.75) is 142 Å². The summed E-state index contributed by atoms with van der Waals surface area (Å²) in [4.78, 5) is 46.2. The van der Waals surface area contributed by atoms with Crippen LogP contribution in [0.1, 0.15) is 131 Å². The van der Waals surface area contributed by atoms with E-state index in [0.717, 1.165) is 77.0 Å². The van der Waals surface area contributed by atoms with E-state index in [1.54, 1.807) is 0 Å². The van der Waals surface area contributed by atoms with E-state index in [9.17, 15) is 45.7 Å². The molecule has 0 heterocycles. The molecule has 5 unspecified atom stereocenters. The third kappa shape index (κ3) is 26.2. The zero-order valence-corrected chi connectivity index (χ0v) is 34.2. The predicted molar refractivity (Wildman–Crippen MR) is 178 cm³/mol. The number of hydrogen-bond donors (Lipinski definition) is 2. The largest absolute Gasteiger partial charge is 1.00 e. The molecule has 2 N–H and O–H groups in total. The van der Waals surface area contributed by atoms with E-state index < -0.39 is 67.5 Å². The Morgan fingerprint density at radius 1 is 0.571 bits per heavy atom. The fourth-order valence-corrected chi connectivity index (χ4v) is 5.79. The Kier molecular flexibility index (Phi) is 31.1. The Balaban J connectivity index is -0.000000893. The van der Waals surface area contributed by atoms with Gasteiger partial charge >= 0.3 is 47.5 Å². The Labute approximate surface area is 316 Å². The summed E-state index contributed by atoms with van der Waals surface area (Å²) < 4.78 is 78.3. The van der Waals surface area contributed by atoms with Gasteiger partial charge in [0, 0.05) is 12.4 Å². The van der Waals surface area contributed by atoms with Crippen molar-refractivity contribution in [2.75, 3.05) is 19.8 Å². The monoisotopic (exact) mass is 754 g/mol. The zero-order valence-electron chi connectivity index (χ0n) is 30.5. The average molecular weight is 755 g/mol. The quantitative estimate of drug-likeness (QED) is 0.0549. The Bertz CT molecular complexity index is 1140. The first-order chi connectivity index (χ1) is 22.4. The van der Waals surface area contributed by atoms with Crippen molar-refractivity contribution in [1.82, 2.24) is 0 Å². The smallest absolute Gasteiger partial charge is 0.550 e. The van der Waals surface area contributed by atoms with Gasteiger partial charge in [-0.05, 0) is 37.0 Å². The molecular formula is C32H59NaO14S2. The Hall–Kier alpha value is -1.30. The molecule has 0 amide bonds. The van der Waals surface area contributed by atoms with Gasteiger partial charge in [-0.25, -0.2) is 0 Å². The Morgan fingerprint density at radius 2 is 0.878 bits per heavy atom. The topological polar surface area (TPSA) is 228 Å². The van der Waals surface area contributed by atoms with Crippen LogP contribution in [-0.4, -0.2) is 80.1 Å². The summed E-state index contributed by atoms with van der Waals surface area (Å²) in [5.41, 5.74) is 0. The first-order valence-electron chi connectivity index (χ1n) is 17.0. The number of esters is 3. The molecule has 0 aliphatic carbocycles. The molecule has 0 aliphatic rings. The van der Waals surface area contributed by atoms with Gasteiger partial charge in [0.1, 0.15) is 0 Å². The predicted octanol–water partition coefficient (Wildman–Crippen LogP) is 1.30. The summed E-state index contributed by atoms with van der Waals surface area (Å²) in [5, 5.41) is 6.33. The van der Waals surface area contributed by atoms with Crippen molar-refractivity contribution in [3.63, 3.8) is 0 Å². The normalized spacial score (nSPS) is 14.4. The van der Waals surface area contributed by atoms with E-state index in [1.165, 1.54) is 0 Å². The average Bonchev–Trinajstić information content (AvgIpc) is 3.01. The first-order valence-corrected chi connectivity index (χ1v) is 20.0. The molecule has 0 radical (unpaired) electrons. The van der Waals surface area contributed by atoms with Crippen molar-refractivity contribution < 1.29 is 94.0 Å². The molecule has 0 aromatic carbocycles. The van der Waals surface area contributed by atoms with Crippen molar-refractivity contribution in [2.24, 2.45) is 17.8 Å². The maximum Gasteiger partial charge on any atom is 1.00 e. The number of unbranched alkanes of at least 4 members (excludes halogenated alkanes) is 3. The molecule has 49 heavy (non-hydrogen) atoms. The van der Waals surface area contributed by atoms with Gasteiger partial charge in [-0.2, -0.15) is 16.8 Å². The molecule has 284 valence electrons. The number of carbonyl (C=O) groups excluding carboxylic acids is 4. The van der Waals surface area contributed by atoms with Crippen molar-refractivity contribution in [1.29, 1.82) is 0 Å². The van der Waals surface area contributed by atoms with Crippen LogP contribution < -0.4 is 34.7 Å². The van der Waals surface area contributed by atoms with Crippen LogP contribution in [0.15, 0.2) is 0 Å². The number of carboxylic acids is 1. The molecule has 14 nitrogen and oxygen atoms in total. The third-order valence-electron chi connectivity index (χ3n) is 7.98. The summed E-state index contributed by atoms with van der Waals surface area (Å²) in [7, 11) is -9.59. The van der Waals surface area contributed by atoms with Gasteiger partial charge in [-0.3, -0.25) is 23.5 Å². The molecule has 0 aromatic heterocycles. The van der Waals surface area contributed by atoms with Gasteiger partial charge in [0.05, 0.1) is 26.2 Å². The SMILES string of the molecule is CCCCC(CC)COC(=O)C(CC(=O)[O-])S(=O)(=O)O.CCCCC(CC)COC(=O)CC(C(=O)OCC(CC)CCCC)S(=O)(=O)O.[Na+]. The fraction of sp³-hybridized carbons (Fsp3) is 0.875. The van der Waals surface area contributed by atoms with Gasteiger partial charge < -0.3 is 24.1 Å². The van der Waals surface area contributed by atoms with E-state index in [2.05, 4.69) is 13.8 Å². The number of aliphatic carboxylic acids is 1. The molecule has 0 spiro atoms. The molecule has 5 atom stereocenters. The summed E-state index contributed by atoms with van der Waals surface area (Å²) in [6.45, 7) is 12.3. The third-order valence-corrected chi connectivity index (χ3v) is 10.1. The minimum atomic E-state index is -4.83. The van der Waals surface area contributed by atoms with Crippen LogP contribution in [0.2, 0.25) is 0 Å². The van der Waals surface area contributed by atoms with Crippen LogP contribution in [0.5, 0.6) is 0 Å². The van der Waals surface area contributed by atoms with E-state index in [1.807, 2.05) is 27.7 Å². The zero-order chi connectivity index (χ0) is 37.3.